The van der Waals surface area contributed by atoms with Gasteiger partial charge in [-0.25, -0.2) is 9.78 Å². The molecule has 0 spiro atoms. The van der Waals surface area contributed by atoms with Crippen LogP contribution in [0.1, 0.15) is 19.4 Å². The zero-order valence-corrected chi connectivity index (χ0v) is 12.8. The van der Waals surface area contributed by atoms with Crippen LogP contribution in [0.5, 0.6) is 0 Å². The third-order valence-electron chi connectivity index (χ3n) is 3.64. The molecule has 2 amide bonds. The highest BCUT2D eigenvalue weighted by atomic mass is 16.5. The Hall–Kier alpha value is -1.82. The first kappa shape index (κ1) is 15.6. The van der Waals surface area contributed by atoms with Gasteiger partial charge in [0, 0.05) is 38.9 Å². The van der Waals surface area contributed by atoms with Crippen LogP contribution in [0.2, 0.25) is 0 Å². The van der Waals surface area contributed by atoms with Crippen molar-refractivity contribution in [3.05, 3.63) is 23.9 Å². The number of anilines is 1. The number of hydrogen-bond donors (Lipinski definition) is 1. The first-order valence-corrected chi connectivity index (χ1v) is 7.55. The standard InChI is InChI=1S/C15H24N4O2/c1-3-18(4-2)14-6-5-13(11-16-14)12-17-15(20)19-7-9-21-10-8-19/h5-6,11H,3-4,7-10,12H2,1-2H3,(H,17,20). The first-order valence-electron chi connectivity index (χ1n) is 7.55. The zero-order chi connectivity index (χ0) is 15.1. The number of carbonyl (C=O) groups excluding carboxylic acids is 1. The van der Waals surface area contributed by atoms with E-state index >= 15 is 0 Å². The minimum Gasteiger partial charge on any atom is -0.378 e. The molecular weight excluding hydrogens is 268 g/mol. The van der Waals surface area contributed by atoms with E-state index < -0.39 is 0 Å². The number of ether oxygens (including phenoxy) is 1. The van der Waals surface area contributed by atoms with Crippen LogP contribution in [0.25, 0.3) is 0 Å². The fraction of sp³-hybridized carbons (Fsp3) is 0.600. The summed E-state index contributed by atoms with van der Waals surface area (Å²) < 4.78 is 5.23. The molecule has 1 aromatic heterocycles. The van der Waals surface area contributed by atoms with E-state index in [1.54, 1.807) is 4.90 Å². The summed E-state index contributed by atoms with van der Waals surface area (Å²) in [5, 5.41) is 2.92. The maximum Gasteiger partial charge on any atom is 0.317 e. The van der Waals surface area contributed by atoms with E-state index in [9.17, 15) is 4.79 Å². The van der Waals surface area contributed by atoms with E-state index in [0.717, 1.165) is 24.5 Å². The van der Waals surface area contributed by atoms with Gasteiger partial charge in [0.05, 0.1) is 13.2 Å². The Kier molecular flexibility index (Phi) is 5.80. The largest absolute Gasteiger partial charge is 0.378 e. The van der Waals surface area contributed by atoms with Gasteiger partial charge < -0.3 is 19.9 Å². The molecule has 1 aliphatic rings. The van der Waals surface area contributed by atoms with Crippen LogP contribution < -0.4 is 10.2 Å². The van der Waals surface area contributed by atoms with E-state index in [2.05, 4.69) is 29.0 Å². The van der Waals surface area contributed by atoms with Crippen LogP contribution in [0.15, 0.2) is 18.3 Å². The SMILES string of the molecule is CCN(CC)c1ccc(CNC(=O)N2CCOCC2)cn1. The van der Waals surface area contributed by atoms with Gasteiger partial charge in [-0.2, -0.15) is 0 Å². The van der Waals surface area contributed by atoms with E-state index in [4.69, 9.17) is 4.74 Å². The van der Waals surface area contributed by atoms with Gasteiger partial charge in [0.25, 0.3) is 0 Å². The number of pyridine rings is 1. The average Bonchev–Trinajstić information content (AvgIpc) is 2.55. The number of urea groups is 1. The molecule has 1 N–H and O–H groups in total. The molecule has 0 saturated carbocycles. The van der Waals surface area contributed by atoms with Gasteiger partial charge in [-0.3, -0.25) is 0 Å². The molecule has 2 rings (SSSR count). The molecule has 0 unspecified atom stereocenters. The number of aromatic nitrogens is 1. The van der Waals surface area contributed by atoms with Gasteiger partial charge in [-0.15, -0.1) is 0 Å². The summed E-state index contributed by atoms with van der Waals surface area (Å²) in [6.07, 6.45) is 1.83. The number of hydrogen-bond acceptors (Lipinski definition) is 4. The van der Waals surface area contributed by atoms with Gasteiger partial charge in [0.1, 0.15) is 5.82 Å². The Bertz CT molecular complexity index is 439. The third-order valence-corrected chi connectivity index (χ3v) is 3.64. The van der Waals surface area contributed by atoms with Crippen LogP contribution >= 0.6 is 0 Å². The Morgan fingerprint density at radius 1 is 1.33 bits per heavy atom. The molecule has 21 heavy (non-hydrogen) atoms. The highest BCUT2D eigenvalue weighted by Gasteiger charge is 2.16. The van der Waals surface area contributed by atoms with Crippen LogP contribution in [0, 0.1) is 0 Å². The van der Waals surface area contributed by atoms with Crippen LogP contribution in [0.3, 0.4) is 0 Å². The van der Waals surface area contributed by atoms with Crippen LogP contribution in [-0.4, -0.2) is 55.3 Å². The molecule has 0 atom stereocenters. The van der Waals surface area contributed by atoms with Crippen molar-refractivity contribution >= 4 is 11.8 Å². The Labute approximate surface area is 126 Å². The normalized spacial score (nSPS) is 14.9. The second kappa shape index (κ2) is 7.83. The van der Waals surface area contributed by atoms with Gasteiger partial charge in [0.15, 0.2) is 0 Å². The topological polar surface area (TPSA) is 57.7 Å². The molecule has 1 saturated heterocycles. The lowest BCUT2D eigenvalue weighted by Crippen LogP contribution is -2.45. The maximum atomic E-state index is 12.0. The number of nitrogens with one attached hydrogen (secondary N) is 1. The molecule has 0 bridgehead atoms. The number of rotatable bonds is 5. The summed E-state index contributed by atoms with van der Waals surface area (Å²) >= 11 is 0. The van der Waals surface area contributed by atoms with Crippen molar-refractivity contribution in [1.82, 2.24) is 15.2 Å². The molecule has 0 aliphatic carbocycles. The second-order valence-corrected chi connectivity index (χ2v) is 4.96. The van der Waals surface area contributed by atoms with Crippen molar-refractivity contribution in [2.75, 3.05) is 44.3 Å². The molecule has 1 aromatic rings. The predicted molar refractivity (Wildman–Crippen MR) is 82.4 cm³/mol. The number of carbonyl (C=O) groups is 1. The molecule has 0 aromatic carbocycles. The van der Waals surface area contributed by atoms with E-state index in [0.29, 0.717) is 32.8 Å². The average molecular weight is 292 g/mol. The second-order valence-electron chi connectivity index (χ2n) is 4.96. The zero-order valence-electron chi connectivity index (χ0n) is 12.8. The van der Waals surface area contributed by atoms with Crippen molar-refractivity contribution in [3.8, 4) is 0 Å². The Balaban J connectivity index is 1.84. The highest BCUT2D eigenvalue weighted by Crippen LogP contribution is 2.10. The monoisotopic (exact) mass is 292 g/mol. The summed E-state index contributed by atoms with van der Waals surface area (Å²) in [6.45, 7) is 9.16. The van der Waals surface area contributed by atoms with Crippen molar-refractivity contribution < 1.29 is 9.53 Å². The summed E-state index contributed by atoms with van der Waals surface area (Å²) in [5.41, 5.74) is 1.01. The smallest absolute Gasteiger partial charge is 0.317 e. The number of amides is 2. The molecule has 6 nitrogen and oxygen atoms in total. The molecule has 2 heterocycles. The van der Waals surface area contributed by atoms with Gasteiger partial charge in [-0.05, 0) is 25.5 Å². The minimum absolute atomic E-state index is 0.0360. The van der Waals surface area contributed by atoms with E-state index in [1.807, 2.05) is 18.3 Å². The Morgan fingerprint density at radius 3 is 2.62 bits per heavy atom. The first-order chi connectivity index (χ1) is 10.2. The van der Waals surface area contributed by atoms with E-state index in [1.165, 1.54) is 0 Å². The van der Waals surface area contributed by atoms with Crippen molar-refractivity contribution in [1.29, 1.82) is 0 Å². The van der Waals surface area contributed by atoms with Gasteiger partial charge >= 0.3 is 6.03 Å². The lowest BCUT2D eigenvalue weighted by atomic mass is 10.2. The van der Waals surface area contributed by atoms with Crippen molar-refractivity contribution in [2.24, 2.45) is 0 Å². The summed E-state index contributed by atoms with van der Waals surface area (Å²) in [4.78, 5) is 20.4. The van der Waals surface area contributed by atoms with Gasteiger partial charge in [0.2, 0.25) is 0 Å². The maximum absolute atomic E-state index is 12.0. The summed E-state index contributed by atoms with van der Waals surface area (Å²) in [5.74, 6) is 0.975. The number of morpholine rings is 1. The molecule has 1 fully saturated rings. The van der Waals surface area contributed by atoms with Crippen molar-refractivity contribution in [2.45, 2.75) is 20.4 Å². The Morgan fingerprint density at radius 2 is 2.05 bits per heavy atom. The van der Waals surface area contributed by atoms with Crippen LogP contribution in [-0.2, 0) is 11.3 Å². The van der Waals surface area contributed by atoms with Crippen LogP contribution in [0.4, 0.5) is 10.6 Å². The van der Waals surface area contributed by atoms with Gasteiger partial charge in [-0.1, -0.05) is 6.07 Å². The quantitative estimate of drug-likeness (QED) is 0.893. The molecule has 6 heteroatoms. The summed E-state index contributed by atoms with van der Waals surface area (Å²) in [7, 11) is 0. The highest BCUT2D eigenvalue weighted by molar-refractivity contribution is 5.74. The predicted octanol–water partition coefficient (Wildman–Crippen LogP) is 1.47. The molecular formula is C15H24N4O2. The lowest BCUT2D eigenvalue weighted by Gasteiger charge is -2.27. The fourth-order valence-corrected chi connectivity index (χ4v) is 2.31. The molecule has 1 aliphatic heterocycles. The summed E-state index contributed by atoms with van der Waals surface area (Å²) in [6, 6.07) is 3.98. The van der Waals surface area contributed by atoms with Crippen molar-refractivity contribution in [3.63, 3.8) is 0 Å². The number of nitrogens with zero attached hydrogens (tertiary/aromatic N) is 3. The lowest BCUT2D eigenvalue weighted by molar-refractivity contribution is 0.0531. The molecule has 0 radical (unpaired) electrons. The molecule has 116 valence electrons. The fourth-order valence-electron chi connectivity index (χ4n) is 2.31. The minimum atomic E-state index is -0.0360. The third kappa shape index (κ3) is 4.32. The van der Waals surface area contributed by atoms with E-state index in [-0.39, 0.29) is 6.03 Å².